The normalized spacial score (nSPS) is 11.3. The molecule has 0 atom stereocenters. The highest BCUT2D eigenvalue weighted by Crippen LogP contribution is 2.14. The fraction of sp³-hybridized carbons (Fsp3) is 0.400. The molecule has 17 heavy (non-hydrogen) atoms. The third kappa shape index (κ3) is 2.91. The van der Waals surface area contributed by atoms with E-state index in [4.69, 9.17) is 0 Å². The lowest BCUT2D eigenvalue weighted by Gasteiger charge is -2.22. The largest absolute Gasteiger partial charge is 0.350 e. The van der Waals surface area contributed by atoms with Gasteiger partial charge in [-0.1, -0.05) is 15.9 Å². The van der Waals surface area contributed by atoms with E-state index >= 15 is 0 Å². The molecule has 4 nitrogen and oxygen atoms in total. The lowest BCUT2D eigenvalue weighted by atomic mass is 10.4. The summed E-state index contributed by atoms with van der Waals surface area (Å²) in [6.07, 6.45) is 0.954. The maximum Gasteiger partial charge on any atom is 0.255 e. The zero-order chi connectivity index (χ0) is 12.3. The summed E-state index contributed by atoms with van der Waals surface area (Å²) < 4.78 is 26.5. The first-order valence-electron chi connectivity index (χ1n) is 5.10. The van der Waals surface area contributed by atoms with Gasteiger partial charge in [0.1, 0.15) is 5.82 Å². The first-order chi connectivity index (χ1) is 8.20. The van der Waals surface area contributed by atoms with Crippen molar-refractivity contribution in [2.24, 2.45) is 0 Å². The predicted molar refractivity (Wildman–Crippen MR) is 65.0 cm³/mol. The van der Waals surface area contributed by atoms with Gasteiger partial charge in [0.05, 0.1) is 12.7 Å². The summed E-state index contributed by atoms with van der Waals surface area (Å²) in [5.41, 5.74) is 0.649. The Hall–Kier alpha value is -1.24. The summed E-state index contributed by atoms with van der Waals surface area (Å²) in [4.78, 5) is 5.83. The second-order valence-corrected chi connectivity index (χ2v) is 4.24. The van der Waals surface area contributed by atoms with Crippen LogP contribution in [0, 0.1) is 0 Å². The Kier molecular flexibility index (Phi) is 3.88. The van der Waals surface area contributed by atoms with E-state index in [2.05, 4.69) is 26.0 Å². The van der Waals surface area contributed by atoms with Crippen molar-refractivity contribution in [2.45, 2.75) is 6.43 Å². The molecule has 0 radical (unpaired) electrons. The number of hydrogen-bond donors (Lipinski definition) is 0. The fourth-order valence-electron chi connectivity index (χ4n) is 1.55. The summed E-state index contributed by atoms with van der Waals surface area (Å²) in [5, 5.41) is 4.62. The SMILES string of the molecule is FC(F)CN(CCBr)c1ccn2nccc2n1. The Morgan fingerprint density at radius 1 is 1.41 bits per heavy atom. The highest BCUT2D eigenvalue weighted by molar-refractivity contribution is 9.09. The first-order valence-corrected chi connectivity index (χ1v) is 6.22. The molecule has 0 spiro atoms. The zero-order valence-corrected chi connectivity index (χ0v) is 10.5. The Morgan fingerprint density at radius 3 is 2.94 bits per heavy atom. The Labute approximate surface area is 105 Å². The van der Waals surface area contributed by atoms with Gasteiger partial charge >= 0.3 is 0 Å². The predicted octanol–water partition coefficient (Wildman–Crippen LogP) is 2.20. The van der Waals surface area contributed by atoms with Gasteiger partial charge in [-0.05, 0) is 6.07 Å². The quantitative estimate of drug-likeness (QED) is 0.794. The molecule has 2 heterocycles. The van der Waals surface area contributed by atoms with Crippen LogP contribution in [0.5, 0.6) is 0 Å². The standard InChI is InChI=1S/C10H11BrF2N4/c11-3-6-16(7-8(12)13)9-2-5-17-10(15-9)1-4-14-17/h1-2,4-5,8H,3,6-7H2. The zero-order valence-electron chi connectivity index (χ0n) is 8.93. The highest BCUT2D eigenvalue weighted by Gasteiger charge is 2.13. The smallest absolute Gasteiger partial charge is 0.255 e. The van der Waals surface area contributed by atoms with Crippen LogP contribution in [0.3, 0.4) is 0 Å². The van der Waals surface area contributed by atoms with Crippen LogP contribution >= 0.6 is 15.9 Å². The number of anilines is 1. The van der Waals surface area contributed by atoms with Crippen molar-refractivity contribution < 1.29 is 8.78 Å². The molecule has 7 heteroatoms. The van der Waals surface area contributed by atoms with E-state index in [1.165, 1.54) is 0 Å². The van der Waals surface area contributed by atoms with E-state index in [1.54, 1.807) is 33.9 Å². The third-order valence-electron chi connectivity index (χ3n) is 2.28. The van der Waals surface area contributed by atoms with Crippen LogP contribution in [0.15, 0.2) is 24.5 Å². The molecule has 0 saturated carbocycles. The van der Waals surface area contributed by atoms with E-state index in [1.807, 2.05) is 0 Å². The number of rotatable bonds is 5. The summed E-state index contributed by atoms with van der Waals surface area (Å²) in [6, 6.07) is 3.42. The van der Waals surface area contributed by atoms with Gasteiger partial charge in [-0.2, -0.15) is 5.10 Å². The summed E-state index contributed by atoms with van der Waals surface area (Å²) in [5.74, 6) is 0.540. The molecule has 0 unspecified atom stereocenters. The van der Waals surface area contributed by atoms with Crippen molar-refractivity contribution >= 4 is 27.4 Å². The number of fused-ring (bicyclic) bond motifs is 1. The molecule has 0 aliphatic rings. The molecule has 92 valence electrons. The van der Waals surface area contributed by atoms with Crippen LogP contribution in [0.25, 0.3) is 5.65 Å². The molecule has 2 aromatic heterocycles. The number of nitrogens with zero attached hydrogens (tertiary/aromatic N) is 4. The van der Waals surface area contributed by atoms with Gasteiger partial charge in [-0.3, -0.25) is 0 Å². The van der Waals surface area contributed by atoms with E-state index in [0.717, 1.165) is 0 Å². The summed E-state index contributed by atoms with van der Waals surface area (Å²) >= 11 is 3.25. The van der Waals surface area contributed by atoms with E-state index in [9.17, 15) is 8.78 Å². The molecule has 0 amide bonds. The maximum absolute atomic E-state index is 12.4. The molecule has 0 aliphatic carbocycles. The monoisotopic (exact) mass is 304 g/mol. The third-order valence-corrected chi connectivity index (χ3v) is 2.63. The van der Waals surface area contributed by atoms with Crippen LogP contribution in [0.1, 0.15) is 0 Å². The molecule has 0 aromatic carbocycles. The van der Waals surface area contributed by atoms with Crippen LogP contribution in [-0.4, -0.2) is 39.4 Å². The van der Waals surface area contributed by atoms with Gasteiger partial charge in [-0.25, -0.2) is 18.3 Å². The first kappa shape index (κ1) is 12.2. The minimum atomic E-state index is -2.38. The molecule has 0 N–H and O–H groups in total. The minimum Gasteiger partial charge on any atom is -0.350 e. The Morgan fingerprint density at radius 2 is 2.24 bits per heavy atom. The number of halogens is 3. The van der Waals surface area contributed by atoms with E-state index in [0.29, 0.717) is 23.3 Å². The van der Waals surface area contributed by atoms with E-state index in [-0.39, 0.29) is 6.54 Å². The number of alkyl halides is 3. The second-order valence-electron chi connectivity index (χ2n) is 3.45. The van der Waals surface area contributed by atoms with Crippen molar-refractivity contribution in [1.82, 2.24) is 14.6 Å². The molecule has 0 saturated heterocycles. The molecule has 2 rings (SSSR count). The molecule has 0 bridgehead atoms. The molecule has 2 aromatic rings. The van der Waals surface area contributed by atoms with Gasteiger partial charge in [0.25, 0.3) is 6.43 Å². The van der Waals surface area contributed by atoms with Crippen molar-refractivity contribution in [3.8, 4) is 0 Å². The summed E-state index contributed by atoms with van der Waals surface area (Å²) in [7, 11) is 0. The molecular formula is C10H11BrF2N4. The Balaban J connectivity index is 2.26. The Bertz CT molecular complexity index is 488. The van der Waals surface area contributed by atoms with Gasteiger partial charge in [0.2, 0.25) is 0 Å². The lowest BCUT2D eigenvalue weighted by Crippen LogP contribution is -2.31. The van der Waals surface area contributed by atoms with E-state index < -0.39 is 6.43 Å². The van der Waals surface area contributed by atoms with Gasteiger partial charge < -0.3 is 4.90 Å². The lowest BCUT2D eigenvalue weighted by molar-refractivity contribution is 0.155. The second kappa shape index (κ2) is 5.39. The number of aromatic nitrogens is 3. The van der Waals surface area contributed by atoms with Crippen LogP contribution in [-0.2, 0) is 0 Å². The maximum atomic E-state index is 12.4. The summed E-state index contributed by atoms with van der Waals surface area (Å²) in [6.45, 7) is 0.171. The van der Waals surface area contributed by atoms with Crippen LogP contribution < -0.4 is 4.90 Å². The number of hydrogen-bond acceptors (Lipinski definition) is 3. The molecular weight excluding hydrogens is 294 g/mol. The average molecular weight is 305 g/mol. The van der Waals surface area contributed by atoms with Crippen molar-refractivity contribution in [3.63, 3.8) is 0 Å². The topological polar surface area (TPSA) is 33.4 Å². The van der Waals surface area contributed by atoms with Gasteiger partial charge in [0.15, 0.2) is 5.65 Å². The minimum absolute atomic E-state index is 0.317. The molecule has 0 aliphatic heterocycles. The fourth-order valence-corrected chi connectivity index (χ4v) is 1.97. The average Bonchev–Trinajstić information content (AvgIpc) is 2.74. The van der Waals surface area contributed by atoms with Crippen molar-refractivity contribution in [3.05, 3.63) is 24.5 Å². The van der Waals surface area contributed by atoms with Crippen LogP contribution in [0.4, 0.5) is 14.6 Å². The van der Waals surface area contributed by atoms with Crippen molar-refractivity contribution in [1.29, 1.82) is 0 Å². The highest BCUT2D eigenvalue weighted by atomic mass is 79.9. The van der Waals surface area contributed by atoms with Crippen LogP contribution in [0.2, 0.25) is 0 Å². The van der Waals surface area contributed by atoms with Gasteiger partial charge in [0, 0.05) is 24.1 Å². The van der Waals surface area contributed by atoms with Crippen molar-refractivity contribution in [2.75, 3.05) is 23.3 Å². The molecule has 0 fully saturated rings. The van der Waals surface area contributed by atoms with Gasteiger partial charge in [-0.15, -0.1) is 0 Å².